The number of thioether (sulfide) groups is 1. The van der Waals surface area contributed by atoms with Crippen molar-refractivity contribution in [2.75, 3.05) is 6.26 Å². The minimum atomic E-state index is -1.10. The summed E-state index contributed by atoms with van der Waals surface area (Å²) < 4.78 is 15.1. The van der Waals surface area contributed by atoms with E-state index in [1.165, 1.54) is 29.0 Å². The van der Waals surface area contributed by atoms with Crippen LogP contribution in [0, 0.1) is 22.7 Å². The minimum Gasteiger partial charge on any atom is -0.290 e. The number of carbonyl (C=O) groups is 2. The number of allylic oxidation sites excluding steroid dienone is 7. The van der Waals surface area contributed by atoms with Gasteiger partial charge in [-0.3, -0.25) is 9.59 Å². The topological polar surface area (TPSA) is 34.1 Å². The highest BCUT2D eigenvalue weighted by Gasteiger charge is 2.57. The molecule has 0 aliphatic heterocycles. The Hall–Kier alpha value is -1.42. The van der Waals surface area contributed by atoms with E-state index in [9.17, 15) is 9.59 Å². The highest BCUT2D eigenvalue weighted by molar-refractivity contribution is 8.13. The molecular formula is C22H25FO2S. The van der Waals surface area contributed by atoms with Gasteiger partial charge in [-0.25, -0.2) is 4.39 Å². The number of alkyl halides is 1. The Balaban J connectivity index is 1.80. The van der Waals surface area contributed by atoms with Crippen molar-refractivity contribution >= 4 is 22.7 Å². The van der Waals surface area contributed by atoms with Gasteiger partial charge in [-0.1, -0.05) is 42.0 Å². The molecule has 4 heteroatoms. The number of fused-ring (bicyclic) bond motifs is 5. The normalized spacial score (nSPS) is 41.3. The highest BCUT2D eigenvalue weighted by Crippen LogP contribution is 2.64. The van der Waals surface area contributed by atoms with Gasteiger partial charge in [0.1, 0.15) is 6.17 Å². The van der Waals surface area contributed by atoms with Crippen LogP contribution in [0.25, 0.3) is 0 Å². The Morgan fingerprint density at radius 3 is 2.73 bits per heavy atom. The van der Waals surface area contributed by atoms with Crippen LogP contribution in [0.15, 0.2) is 46.6 Å². The predicted molar refractivity (Wildman–Crippen MR) is 103 cm³/mol. The first-order valence-corrected chi connectivity index (χ1v) is 10.5. The minimum absolute atomic E-state index is 0.117. The number of hydrogen-bond donors (Lipinski definition) is 0. The van der Waals surface area contributed by atoms with Gasteiger partial charge in [0.15, 0.2) is 5.78 Å². The molecule has 1 fully saturated rings. The van der Waals surface area contributed by atoms with Gasteiger partial charge in [-0.15, -0.1) is 0 Å². The molecule has 4 rings (SSSR count). The van der Waals surface area contributed by atoms with Gasteiger partial charge in [0.2, 0.25) is 5.12 Å². The Morgan fingerprint density at radius 2 is 2.04 bits per heavy atom. The zero-order valence-corrected chi connectivity index (χ0v) is 16.6. The summed E-state index contributed by atoms with van der Waals surface area (Å²) in [5.74, 6) is 0.258. The largest absolute Gasteiger partial charge is 0.290 e. The second kappa shape index (κ2) is 5.79. The predicted octanol–water partition coefficient (Wildman–Crippen LogP) is 4.98. The molecule has 0 bridgehead atoms. The summed E-state index contributed by atoms with van der Waals surface area (Å²) >= 11 is 1.28. The van der Waals surface area contributed by atoms with Crippen molar-refractivity contribution in [2.24, 2.45) is 22.7 Å². The molecule has 0 spiro atoms. The van der Waals surface area contributed by atoms with Gasteiger partial charge in [0.25, 0.3) is 0 Å². The summed E-state index contributed by atoms with van der Waals surface area (Å²) in [7, 11) is 0. The molecule has 1 saturated carbocycles. The van der Waals surface area contributed by atoms with Crippen molar-refractivity contribution in [3.8, 4) is 0 Å². The number of halogens is 1. The van der Waals surface area contributed by atoms with E-state index in [-0.39, 0.29) is 28.1 Å². The lowest BCUT2D eigenvalue weighted by molar-refractivity contribution is -0.111. The fourth-order valence-electron chi connectivity index (χ4n) is 5.98. The fraction of sp³-hybridized carbons (Fsp3) is 0.545. The molecule has 4 aliphatic carbocycles. The van der Waals surface area contributed by atoms with Gasteiger partial charge in [-0.05, 0) is 68.9 Å². The van der Waals surface area contributed by atoms with E-state index in [1.807, 2.05) is 19.3 Å². The Morgan fingerprint density at radius 1 is 1.31 bits per heavy atom. The molecule has 0 radical (unpaired) electrons. The van der Waals surface area contributed by atoms with Crippen LogP contribution >= 0.6 is 11.8 Å². The van der Waals surface area contributed by atoms with Gasteiger partial charge >= 0.3 is 0 Å². The molecule has 0 aromatic heterocycles. The van der Waals surface area contributed by atoms with Crippen LogP contribution < -0.4 is 0 Å². The van der Waals surface area contributed by atoms with Crippen molar-refractivity contribution in [1.29, 1.82) is 0 Å². The number of carbonyl (C=O) groups excluding carboxylic acids is 2. The second-order valence-electron chi connectivity index (χ2n) is 8.59. The molecule has 26 heavy (non-hydrogen) atoms. The third-order valence-corrected chi connectivity index (χ3v) is 7.81. The fourth-order valence-corrected chi connectivity index (χ4v) is 6.59. The van der Waals surface area contributed by atoms with E-state index in [4.69, 9.17) is 0 Å². The van der Waals surface area contributed by atoms with Crippen molar-refractivity contribution in [3.05, 3.63) is 46.6 Å². The van der Waals surface area contributed by atoms with Gasteiger partial charge < -0.3 is 0 Å². The summed E-state index contributed by atoms with van der Waals surface area (Å²) in [6.07, 6.45) is 10.0. The maximum absolute atomic E-state index is 15.1. The molecule has 0 heterocycles. The second-order valence-corrected chi connectivity index (χ2v) is 9.37. The lowest BCUT2D eigenvalue weighted by Crippen LogP contribution is -2.46. The Bertz CT molecular complexity index is 833. The van der Waals surface area contributed by atoms with Gasteiger partial charge in [-0.2, -0.15) is 0 Å². The molecule has 4 aliphatic rings. The zero-order valence-electron chi connectivity index (χ0n) is 15.8. The van der Waals surface area contributed by atoms with Crippen molar-refractivity contribution in [3.63, 3.8) is 0 Å². The summed E-state index contributed by atoms with van der Waals surface area (Å²) in [5.41, 5.74) is 3.28. The number of rotatable bonds is 1. The average molecular weight is 373 g/mol. The molecule has 0 saturated heterocycles. The maximum Gasteiger partial charge on any atom is 0.215 e. The van der Waals surface area contributed by atoms with Crippen LogP contribution in [0.5, 0.6) is 0 Å². The Kier molecular flexibility index (Phi) is 4.00. The van der Waals surface area contributed by atoms with Crippen LogP contribution in [0.4, 0.5) is 4.39 Å². The van der Waals surface area contributed by atoms with Crippen molar-refractivity contribution in [1.82, 2.24) is 0 Å². The van der Waals surface area contributed by atoms with Crippen molar-refractivity contribution in [2.45, 2.75) is 46.2 Å². The van der Waals surface area contributed by atoms with Crippen LogP contribution in [0.3, 0.4) is 0 Å². The average Bonchev–Trinajstić information content (AvgIpc) is 2.86. The van der Waals surface area contributed by atoms with Gasteiger partial charge in [0, 0.05) is 16.4 Å². The molecule has 0 N–H and O–H groups in total. The molecule has 5 atom stereocenters. The highest BCUT2D eigenvalue weighted by atomic mass is 32.2. The molecule has 0 amide bonds. The van der Waals surface area contributed by atoms with E-state index < -0.39 is 11.6 Å². The van der Waals surface area contributed by atoms with E-state index >= 15 is 4.39 Å². The summed E-state index contributed by atoms with van der Waals surface area (Å²) in [6, 6.07) is 0. The monoisotopic (exact) mass is 372 g/mol. The Labute approximate surface area is 158 Å². The zero-order chi connectivity index (χ0) is 18.9. The van der Waals surface area contributed by atoms with E-state index in [0.29, 0.717) is 12.0 Å². The van der Waals surface area contributed by atoms with Crippen LogP contribution in [0.1, 0.15) is 40.0 Å². The third kappa shape index (κ3) is 2.24. The molecule has 0 aromatic rings. The lowest BCUT2D eigenvalue weighted by Gasteiger charge is -2.52. The van der Waals surface area contributed by atoms with Crippen molar-refractivity contribution < 1.29 is 14.0 Å². The van der Waals surface area contributed by atoms with E-state index in [1.54, 1.807) is 6.08 Å². The SMILES string of the molecule is CSC(=O)C1=C(C)C[C@H]2[C@@H]3C[C@H](F)C4=CC(=O)C=C[C@]4(C)C3=CC[C@]12C. The summed E-state index contributed by atoms with van der Waals surface area (Å²) in [4.78, 5) is 24.4. The summed E-state index contributed by atoms with van der Waals surface area (Å²) in [5, 5.41) is 0.159. The standard InChI is InChI=1S/C22H25FO2S/c1-12-9-16-14-11-18(23)17-10-13(24)5-7-21(17,2)15(14)6-8-22(16,3)19(12)20(25)26-4/h5-7,10,14,16,18H,8-9,11H2,1-4H3/t14-,16+,18+,21-,22+/m1/s1. The van der Waals surface area contributed by atoms with Crippen LogP contribution in [-0.2, 0) is 9.59 Å². The molecular weight excluding hydrogens is 347 g/mol. The number of ketones is 1. The first-order valence-electron chi connectivity index (χ1n) is 9.31. The van der Waals surface area contributed by atoms with Crippen LogP contribution in [0.2, 0.25) is 0 Å². The lowest BCUT2D eigenvalue weighted by atomic mass is 9.52. The first-order chi connectivity index (χ1) is 12.2. The first kappa shape index (κ1) is 18.0. The number of hydrogen-bond acceptors (Lipinski definition) is 3. The molecule has 2 nitrogen and oxygen atoms in total. The third-order valence-electron chi connectivity index (χ3n) is 7.24. The van der Waals surface area contributed by atoms with Crippen LogP contribution in [-0.4, -0.2) is 23.3 Å². The van der Waals surface area contributed by atoms with E-state index in [2.05, 4.69) is 19.9 Å². The summed E-state index contributed by atoms with van der Waals surface area (Å²) in [6.45, 7) is 6.29. The molecule has 0 unspecified atom stereocenters. The molecule has 138 valence electrons. The maximum atomic E-state index is 15.1. The quantitative estimate of drug-likeness (QED) is 0.609. The van der Waals surface area contributed by atoms with Gasteiger partial charge in [0.05, 0.1) is 0 Å². The smallest absolute Gasteiger partial charge is 0.215 e. The van der Waals surface area contributed by atoms with E-state index in [0.717, 1.165) is 18.4 Å². The molecule has 0 aromatic carbocycles.